The number of nitrogens with one attached hydrogen (secondary N) is 1. The predicted octanol–water partition coefficient (Wildman–Crippen LogP) is 1.36. The minimum atomic E-state index is -2.85. The Labute approximate surface area is 108 Å². The molecule has 0 spiro atoms. The van der Waals surface area contributed by atoms with Gasteiger partial charge in [0.15, 0.2) is 9.84 Å². The van der Waals surface area contributed by atoms with E-state index >= 15 is 0 Å². The lowest BCUT2D eigenvalue weighted by Gasteiger charge is -2.12. The number of hydrogen-bond donors (Lipinski definition) is 1. The maximum Gasteiger partial charge on any atom is 0.154 e. The molecule has 2 rings (SSSR count). The molecule has 0 aliphatic carbocycles. The lowest BCUT2D eigenvalue weighted by Crippen LogP contribution is -2.30. The van der Waals surface area contributed by atoms with E-state index in [4.69, 9.17) is 4.74 Å². The minimum absolute atomic E-state index is 0.216. The van der Waals surface area contributed by atoms with Gasteiger partial charge in [-0.25, -0.2) is 8.42 Å². The largest absolute Gasteiger partial charge is 0.496 e. The van der Waals surface area contributed by atoms with Crippen molar-refractivity contribution in [3.05, 3.63) is 29.8 Å². The third-order valence-corrected chi connectivity index (χ3v) is 5.62. The van der Waals surface area contributed by atoms with Gasteiger partial charge in [-0.3, -0.25) is 0 Å². The van der Waals surface area contributed by atoms with Crippen LogP contribution in [0.15, 0.2) is 24.3 Å². The van der Waals surface area contributed by atoms with Crippen molar-refractivity contribution in [1.82, 2.24) is 5.32 Å². The molecule has 1 atom stereocenters. The molecule has 0 aromatic heterocycles. The lowest BCUT2D eigenvalue weighted by atomic mass is 10.2. The Bertz CT molecular complexity index is 499. The van der Waals surface area contributed by atoms with Crippen molar-refractivity contribution in [1.29, 1.82) is 0 Å². The van der Waals surface area contributed by atoms with Gasteiger partial charge in [0.2, 0.25) is 0 Å². The molecule has 4 nitrogen and oxygen atoms in total. The first-order chi connectivity index (χ1) is 8.63. The Hall–Kier alpha value is -1.07. The Balaban J connectivity index is 1.89. The van der Waals surface area contributed by atoms with Gasteiger partial charge in [0, 0.05) is 18.7 Å². The van der Waals surface area contributed by atoms with Crippen LogP contribution >= 0.6 is 0 Å². The number of ether oxygens (including phenoxy) is 1. The highest BCUT2D eigenvalue weighted by molar-refractivity contribution is 7.92. The van der Waals surface area contributed by atoms with Gasteiger partial charge in [-0.1, -0.05) is 18.2 Å². The summed E-state index contributed by atoms with van der Waals surface area (Å²) in [5, 5.41) is 3.00. The maximum atomic E-state index is 11.7. The summed E-state index contributed by atoms with van der Waals surface area (Å²) in [6, 6.07) is 7.76. The summed E-state index contributed by atoms with van der Waals surface area (Å²) in [4.78, 5) is 0. The van der Waals surface area contributed by atoms with E-state index in [0.29, 0.717) is 18.8 Å². The summed E-state index contributed by atoms with van der Waals surface area (Å²) in [6.45, 7) is 1.16. The standard InChI is InChI=1S/C13H19NO3S/c1-17-13-7-3-2-5-11(13)9-14-10-12-6-4-8-18(12,15)16/h2-3,5,7,12,14H,4,6,8-10H2,1H3/t12-/m0/s1. The van der Waals surface area contributed by atoms with Gasteiger partial charge in [0.25, 0.3) is 0 Å². The molecule has 0 bridgehead atoms. The zero-order valence-electron chi connectivity index (χ0n) is 10.6. The van der Waals surface area contributed by atoms with Crippen LogP contribution in [0.5, 0.6) is 5.75 Å². The van der Waals surface area contributed by atoms with Crippen LogP contribution in [0.2, 0.25) is 0 Å². The van der Waals surface area contributed by atoms with Crippen LogP contribution in [0.3, 0.4) is 0 Å². The Kier molecular flexibility index (Phi) is 4.24. The van der Waals surface area contributed by atoms with E-state index in [2.05, 4.69) is 5.32 Å². The van der Waals surface area contributed by atoms with Crippen molar-refractivity contribution >= 4 is 9.84 Å². The fourth-order valence-corrected chi connectivity index (χ4v) is 4.10. The summed E-state index contributed by atoms with van der Waals surface area (Å²) in [6.07, 6.45) is 1.57. The van der Waals surface area contributed by atoms with Crippen molar-refractivity contribution in [3.63, 3.8) is 0 Å². The smallest absolute Gasteiger partial charge is 0.154 e. The molecule has 1 aromatic carbocycles. The van der Waals surface area contributed by atoms with Crippen molar-refractivity contribution in [2.45, 2.75) is 24.6 Å². The number of hydrogen-bond acceptors (Lipinski definition) is 4. The molecule has 1 saturated heterocycles. The topological polar surface area (TPSA) is 55.4 Å². The molecule has 0 radical (unpaired) electrons. The van der Waals surface area contributed by atoms with Crippen molar-refractivity contribution < 1.29 is 13.2 Å². The summed E-state index contributed by atoms with van der Waals surface area (Å²) in [5.41, 5.74) is 1.05. The van der Waals surface area contributed by atoms with Crippen LogP contribution in [0.25, 0.3) is 0 Å². The second-order valence-corrected chi connectivity index (χ2v) is 6.97. The molecule has 1 aromatic rings. The van der Waals surface area contributed by atoms with E-state index in [1.165, 1.54) is 0 Å². The molecule has 1 aliphatic rings. The highest BCUT2D eigenvalue weighted by atomic mass is 32.2. The van der Waals surface area contributed by atoms with Crippen LogP contribution in [-0.2, 0) is 16.4 Å². The van der Waals surface area contributed by atoms with Gasteiger partial charge in [0.05, 0.1) is 18.1 Å². The minimum Gasteiger partial charge on any atom is -0.496 e. The molecule has 1 N–H and O–H groups in total. The van der Waals surface area contributed by atoms with Gasteiger partial charge >= 0.3 is 0 Å². The molecule has 1 aliphatic heterocycles. The van der Waals surface area contributed by atoms with Crippen molar-refractivity contribution in [2.24, 2.45) is 0 Å². The SMILES string of the molecule is COc1ccccc1CNC[C@@H]1CCCS1(=O)=O. The molecular weight excluding hydrogens is 250 g/mol. The normalized spacial score (nSPS) is 21.9. The molecule has 18 heavy (non-hydrogen) atoms. The van der Waals surface area contributed by atoms with E-state index in [1.54, 1.807) is 7.11 Å². The molecule has 1 fully saturated rings. The lowest BCUT2D eigenvalue weighted by molar-refractivity contribution is 0.407. The van der Waals surface area contributed by atoms with E-state index in [9.17, 15) is 8.42 Å². The summed E-state index contributed by atoms with van der Waals surface area (Å²) in [7, 11) is -1.21. The maximum absolute atomic E-state index is 11.7. The molecule has 0 amide bonds. The average molecular weight is 269 g/mol. The number of rotatable bonds is 5. The van der Waals surface area contributed by atoms with E-state index in [1.807, 2.05) is 24.3 Å². The van der Waals surface area contributed by atoms with Gasteiger partial charge in [0.1, 0.15) is 5.75 Å². The first kappa shape index (κ1) is 13.4. The number of sulfone groups is 1. The zero-order valence-corrected chi connectivity index (χ0v) is 11.4. The molecule has 1 heterocycles. The van der Waals surface area contributed by atoms with Gasteiger partial charge in [-0.15, -0.1) is 0 Å². The van der Waals surface area contributed by atoms with Crippen LogP contribution in [0.4, 0.5) is 0 Å². The Morgan fingerprint density at radius 1 is 1.39 bits per heavy atom. The van der Waals surface area contributed by atoms with Gasteiger partial charge < -0.3 is 10.1 Å². The third kappa shape index (κ3) is 3.03. The van der Waals surface area contributed by atoms with Gasteiger partial charge in [-0.2, -0.15) is 0 Å². The fourth-order valence-electron chi connectivity index (χ4n) is 2.30. The molecule has 5 heteroatoms. The van der Waals surface area contributed by atoms with Crippen molar-refractivity contribution in [3.8, 4) is 5.75 Å². The Morgan fingerprint density at radius 3 is 2.83 bits per heavy atom. The molecule has 0 saturated carbocycles. The highest BCUT2D eigenvalue weighted by Gasteiger charge is 2.30. The number of benzene rings is 1. The second-order valence-electron chi connectivity index (χ2n) is 4.57. The summed E-state index contributed by atoms with van der Waals surface area (Å²) in [5.74, 6) is 1.17. The van der Waals surface area contributed by atoms with E-state index in [-0.39, 0.29) is 5.25 Å². The summed E-state index contributed by atoms with van der Waals surface area (Å²) >= 11 is 0. The monoisotopic (exact) mass is 269 g/mol. The van der Waals surface area contributed by atoms with Crippen molar-refractivity contribution in [2.75, 3.05) is 19.4 Å². The third-order valence-electron chi connectivity index (χ3n) is 3.34. The van der Waals surface area contributed by atoms with Crippen LogP contribution < -0.4 is 10.1 Å². The predicted molar refractivity (Wildman–Crippen MR) is 71.5 cm³/mol. The van der Waals surface area contributed by atoms with Crippen LogP contribution in [0, 0.1) is 0 Å². The van der Waals surface area contributed by atoms with Crippen LogP contribution in [-0.4, -0.2) is 33.1 Å². The fraction of sp³-hybridized carbons (Fsp3) is 0.538. The highest BCUT2D eigenvalue weighted by Crippen LogP contribution is 2.20. The zero-order chi connectivity index (χ0) is 13.0. The van der Waals surface area contributed by atoms with Crippen LogP contribution in [0.1, 0.15) is 18.4 Å². The first-order valence-electron chi connectivity index (χ1n) is 6.17. The quantitative estimate of drug-likeness (QED) is 0.877. The second kappa shape index (κ2) is 5.71. The Morgan fingerprint density at radius 2 is 2.17 bits per heavy atom. The first-order valence-corrected chi connectivity index (χ1v) is 7.89. The molecule has 0 unspecified atom stereocenters. The van der Waals surface area contributed by atoms with E-state index in [0.717, 1.165) is 24.2 Å². The number of para-hydroxylation sites is 1. The molecule has 100 valence electrons. The summed E-state index contributed by atoms with van der Waals surface area (Å²) < 4.78 is 28.6. The van der Waals surface area contributed by atoms with E-state index < -0.39 is 9.84 Å². The number of methoxy groups -OCH3 is 1. The van der Waals surface area contributed by atoms with Gasteiger partial charge in [-0.05, 0) is 18.9 Å². The average Bonchev–Trinajstić information content (AvgIpc) is 2.69. The molecular formula is C13H19NO3S.